The monoisotopic (exact) mass is 477 g/mol. The number of rotatable bonds is 4. The third-order valence-electron chi connectivity index (χ3n) is 3.55. The van der Waals surface area contributed by atoms with Crippen molar-refractivity contribution in [2.45, 2.75) is 13.1 Å². The molecule has 0 unspecified atom stereocenters. The lowest BCUT2D eigenvalue weighted by Crippen LogP contribution is -2.12. The van der Waals surface area contributed by atoms with Gasteiger partial charge >= 0.3 is 6.18 Å². The predicted molar refractivity (Wildman–Crippen MR) is 99.3 cm³/mol. The van der Waals surface area contributed by atoms with Gasteiger partial charge in [0.1, 0.15) is 5.69 Å². The molecule has 28 heavy (non-hydrogen) atoms. The summed E-state index contributed by atoms with van der Waals surface area (Å²) in [6.45, 7) is 1.40. The van der Waals surface area contributed by atoms with Crippen LogP contribution in [0.25, 0.3) is 0 Å². The molecule has 0 fully saturated rings. The minimum absolute atomic E-state index is 0.0588. The molecular formula is C14H6Cl4F3N3O4. The topological polar surface area (TPSA) is 98.3 Å². The summed E-state index contributed by atoms with van der Waals surface area (Å²) >= 11 is 23.9. The zero-order valence-corrected chi connectivity index (χ0v) is 16.4. The van der Waals surface area contributed by atoms with Crippen molar-refractivity contribution in [3.05, 3.63) is 63.6 Å². The number of nitrogens with one attached hydrogen (secondary N) is 1. The van der Waals surface area contributed by atoms with Crippen LogP contribution >= 0.6 is 46.4 Å². The predicted octanol–water partition coefficient (Wildman–Crippen LogP) is 7.19. The molecule has 0 spiro atoms. The van der Waals surface area contributed by atoms with Gasteiger partial charge in [-0.3, -0.25) is 20.2 Å². The summed E-state index contributed by atoms with van der Waals surface area (Å²) < 4.78 is 40.4. The highest BCUT2D eigenvalue weighted by atomic mass is 35.5. The van der Waals surface area contributed by atoms with Gasteiger partial charge in [-0.15, -0.1) is 0 Å². The molecule has 0 aliphatic heterocycles. The van der Waals surface area contributed by atoms with Crippen molar-refractivity contribution in [1.82, 2.24) is 0 Å². The van der Waals surface area contributed by atoms with Crippen molar-refractivity contribution in [2.24, 2.45) is 0 Å². The van der Waals surface area contributed by atoms with Crippen LogP contribution in [-0.4, -0.2) is 9.85 Å². The molecule has 0 aromatic heterocycles. The lowest BCUT2D eigenvalue weighted by molar-refractivity contribution is -0.394. The van der Waals surface area contributed by atoms with Crippen LogP contribution in [0.4, 0.5) is 35.9 Å². The van der Waals surface area contributed by atoms with E-state index in [2.05, 4.69) is 5.32 Å². The Morgan fingerprint density at radius 3 is 1.93 bits per heavy atom. The fourth-order valence-electron chi connectivity index (χ4n) is 2.20. The molecule has 2 aromatic rings. The summed E-state index contributed by atoms with van der Waals surface area (Å²) in [5.74, 6) is 0. The summed E-state index contributed by atoms with van der Waals surface area (Å²) in [5, 5.41) is 23.4. The Hall–Kier alpha value is -2.01. The molecule has 0 saturated carbocycles. The Bertz CT molecular complexity index is 986. The molecule has 1 N–H and O–H groups in total. The Morgan fingerprint density at radius 1 is 0.893 bits per heavy atom. The SMILES string of the molecule is Cc1c(Cl)c(Cl)c(Cl)c(Nc2c([N+](=O)[O-])cc([N+](=O)[O-])cc2C(F)(F)F)c1Cl. The van der Waals surface area contributed by atoms with Crippen molar-refractivity contribution in [3.63, 3.8) is 0 Å². The molecule has 2 rings (SSSR count). The first-order valence-corrected chi connectivity index (χ1v) is 8.42. The summed E-state index contributed by atoms with van der Waals surface area (Å²) in [7, 11) is 0. The maximum Gasteiger partial charge on any atom is 0.418 e. The van der Waals surface area contributed by atoms with Crippen LogP contribution in [0, 0.1) is 27.2 Å². The number of anilines is 2. The van der Waals surface area contributed by atoms with Crippen LogP contribution in [-0.2, 0) is 6.18 Å². The van der Waals surface area contributed by atoms with Gasteiger partial charge in [0, 0.05) is 6.07 Å². The zero-order valence-electron chi connectivity index (χ0n) is 13.3. The first-order chi connectivity index (χ1) is 12.8. The molecule has 0 amide bonds. The van der Waals surface area contributed by atoms with E-state index in [0.29, 0.717) is 6.07 Å². The minimum Gasteiger partial charge on any atom is -0.347 e. The Kier molecular flexibility index (Phi) is 6.19. The lowest BCUT2D eigenvalue weighted by atomic mass is 10.1. The van der Waals surface area contributed by atoms with Crippen LogP contribution in [0.3, 0.4) is 0 Å². The standard InChI is InChI=1S/C14H6Cl4F3N3O4/c1-4-8(15)10(17)11(18)13(9(4)16)22-12-6(14(19,20)21)2-5(23(25)26)3-7(12)24(27)28/h2-3,22H,1H3. The minimum atomic E-state index is -5.18. The highest BCUT2D eigenvalue weighted by molar-refractivity contribution is 6.51. The molecule has 0 heterocycles. The van der Waals surface area contributed by atoms with Crippen molar-refractivity contribution < 1.29 is 23.0 Å². The van der Waals surface area contributed by atoms with Crippen molar-refractivity contribution in [1.29, 1.82) is 0 Å². The second-order valence-electron chi connectivity index (χ2n) is 5.28. The van der Waals surface area contributed by atoms with E-state index in [-0.39, 0.29) is 37.4 Å². The number of non-ortho nitro benzene ring substituents is 1. The van der Waals surface area contributed by atoms with Crippen LogP contribution in [0.2, 0.25) is 20.1 Å². The van der Waals surface area contributed by atoms with Gasteiger partial charge < -0.3 is 5.32 Å². The number of benzene rings is 2. The average Bonchev–Trinajstić information content (AvgIpc) is 2.60. The van der Waals surface area contributed by atoms with E-state index in [9.17, 15) is 33.4 Å². The smallest absolute Gasteiger partial charge is 0.347 e. The van der Waals surface area contributed by atoms with Gasteiger partial charge in [0.15, 0.2) is 0 Å². The van der Waals surface area contributed by atoms with E-state index in [0.717, 1.165) is 0 Å². The number of alkyl halides is 3. The highest BCUT2D eigenvalue weighted by Crippen LogP contribution is 2.49. The lowest BCUT2D eigenvalue weighted by Gasteiger charge is -2.18. The fourth-order valence-corrected chi connectivity index (χ4v) is 3.24. The zero-order chi connectivity index (χ0) is 21.5. The van der Waals surface area contributed by atoms with E-state index in [4.69, 9.17) is 46.4 Å². The van der Waals surface area contributed by atoms with Crippen molar-refractivity contribution in [2.75, 3.05) is 5.32 Å². The molecule has 14 heteroatoms. The second kappa shape index (κ2) is 7.78. The molecule has 0 aliphatic carbocycles. The molecule has 0 bridgehead atoms. The molecule has 7 nitrogen and oxygen atoms in total. The number of nitro benzene ring substituents is 2. The molecule has 0 aliphatic rings. The summed E-state index contributed by atoms with van der Waals surface area (Å²) in [6.07, 6.45) is -5.18. The molecule has 0 radical (unpaired) electrons. The fraction of sp³-hybridized carbons (Fsp3) is 0.143. The van der Waals surface area contributed by atoms with Gasteiger partial charge in [-0.05, 0) is 12.5 Å². The second-order valence-corrected chi connectivity index (χ2v) is 6.79. The first kappa shape index (κ1) is 22.3. The van der Waals surface area contributed by atoms with Gasteiger partial charge in [-0.1, -0.05) is 46.4 Å². The first-order valence-electron chi connectivity index (χ1n) is 6.91. The van der Waals surface area contributed by atoms with Gasteiger partial charge in [0.05, 0.1) is 47.3 Å². The van der Waals surface area contributed by atoms with Crippen molar-refractivity contribution >= 4 is 69.2 Å². The van der Waals surface area contributed by atoms with Gasteiger partial charge in [0.2, 0.25) is 0 Å². The van der Waals surface area contributed by atoms with E-state index in [1.165, 1.54) is 6.92 Å². The Labute approximate surface area is 174 Å². The Morgan fingerprint density at radius 2 is 1.46 bits per heavy atom. The molecule has 0 atom stereocenters. The third kappa shape index (κ3) is 4.04. The number of hydrogen-bond donors (Lipinski definition) is 1. The van der Waals surface area contributed by atoms with Gasteiger partial charge in [-0.25, -0.2) is 0 Å². The number of nitrogens with zero attached hydrogens (tertiary/aromatic N) is 2. The molecule has 0 saturated heterocycles. The van der Waals surface area contributed by atoms with E-state index in [1.807, 2.05) is 0 Å². The number of hydrogen-bond acceptors (Lipinski definition) is 5. The van der Waals surface area contributed by atoms with Crippen molar-refractivity contribution in [3.8, 4) is 0 Å². The molecule has 2 aromatic carbocycles. The van der Waals surface area contributed by atoms with Crippen LogP contribution in [0.15, 0.2) is 12.1 Å². The quantitative estimate of drug-likeness (QED) is 0.217. The molecular weight excluding hydrogens is 473 g/mol. The summed E-state index contributed by atoms with van der Waals surface area (Å²) in [4.78, 5) is 19.8. The number of nitro groups is 2. The normalized spacial score (nSPS) is 11.4. The number of halogens is 7. The van der Waals surface area contributed by atoms with E-state index >= 15 is 0 Å². The molecule has 150 valence electrons. The summed E-state index contributed by atoms with van der Waals surface area (Å²) in [5.41, 5.74) is -5.31. The van der Waals surface area contributed by atoms with Gasteiger partial charge in [-0.2, -0.15) is 13.2 Å². The maximum absolute atomic E-state index is 13.5. The van der Waals surface area contributed by atoms with E-state index < -0.39 is 38.6 Å². The highest BCUT2D eigenvalue weighted by Gasteiger charge is 2.40. The maximum atomic E-state index is 13.5. The largest absolute Gasteiger partial charge is 0.418 e. The van der Waals surface area contributed by atoms with Crippen LogP contribution in [0.5, 0.6) is 0 Å². The van der Waals surface area contributed by atoms with E-state index in [1.54, 1.807) is 0 Å². The summed E-state index contributed by atoms with van der Waals surface area (Å²) in [6, 6.07) is 0.533. The third-order valence-corrected chi connectivity index (χ3v) is 5.44. The van der Waals surface area contributed by atoms with Crippen LogP contribution < -0.4 is 5.32 Å². The van der Waals surface area contributed by atoms with Gasteiger partial charge in [0.25, 0.3) is 11.4 Å². The Balaban J connectivity index is 2.87. The average molecular weight is 479 g/mol. The van der Waals surface area contributed by atoms with Crippen LogP contribution in [0.1, 0.15) is 11.1 Å².